The summed E-state index contributed by atoms with van der Waals surface area (Å²) in [7, 11) is 1.54. The molecule has 0 radical (unpaired) electrons. The fourth-order valence-corrected chi connectivity index (χ4v) is 1.66. The Balaban J connectivity index is 2.97. The van der Waals surface area contributed by atoms with Gasteiger partial charge in [-0.15, -0.1) is 0 Å². The van der Waals surface area contributed by atoms with Gasteiger partial charge in [0.2, 0.25) is 0 Å². The van der Waals surface area contributed by atoms with E-state index >= 15 is 0 Å². The van der Waals surface area contributed by atoms with E-state index in [1.807, 2.05) is 0 Å². The van der Waals surface area contributed by atoms with Crippen LogP contribution in [0.5, 0.6) is 5.75 Å². The summed E-state index contributed by atoms with van der Waals surface area (Å²) in [5.41, 5.74) is 5.87. The first-order valence-electron chi connectivity index (χ1n) is 4.34. The third-order valence-corrected chi connectivity index (χ3v) is 2.59. The van der Waals surface area contributed by atoms with E-state index < -0.39 is 6.04 Å². The number of nitrogens with two attached hydrogens (primary N) is 1. The number of Topliss-reactive ketones (excluding diaryl/α,β-unsaturated/α-hetero) is 1. The Bertz CT molecular complexity index is 368. The van der Waals surface area contributed by atoms with Gasteiger partial charge in [0.15, 0.2) is 5.78 Å². The highest BCUT2D eigenvalue weighted by Gasteiger charge is 2.15. The van der Waals surface area contributed by atoms with Crippen LogP contribution in [0.1, 0.15) is 10.4 Å². The smallest absolute Gasteiger partial charge is 0.181 e. The lowest BCUT2D eigenvalue weighted by Gasteiger charge is -2.09. The van der Waals surface area contributed by atoms with Gasteiger partial charge in [-0.1, -0.05) is 0 Å². The fraction of sp³-hybridized carbons (Fsp3) is 0.300. The Hall–Kier alpha value is -0.910. The highest BCUT2D eigenvalue weighted by molar-refractivity contribution is 9.10. The van der Waals surface area contributed by atoms with Crippen LogP contribution in [-0.2, 0) is 0 Å². The van der Waals surface area contributed by atoms with E-state index in [4.69, 9.17) is 15.6 Å². The monoisotopic (exact) mass is 273 g/mol. The van der Waals surface area contributed by atoms with Crippen molar-refractivity contribution in [2.45, 2.75) is 6.04 Å². The second kappa shape index (κ2) is 5.25. The zero-order valence-corrected chi connectivity index (χ0v) is 9.82. The lowest BCUT2D eigenvalue weighted by atomic mass is 10.1. The molecule has 0 aliphatic rings. The minimum absolute atomic E-state index is 0.291. The molecule has 0 aromatic heterocycles. The molecule has 0 saturated carbocycles. The van der Waals surface area contributed by atoms with Crippen LogP contribution in [0.4, 0.5) is 0 Å². The number of carbonyl (C=O) groups excluding carboxylic acids is 1. The largest absolute Gasteiger partial charge is 0.496 e. The Kier molecular flexibility index (Phi) is 4.26. The van der Waals surface area contributed by atoms with Crippen LogP contribution in [0, 0.1) is 0 Å². The molecule has 1 aromatic carbocycles. The molecule has 1 unspecified atom stereocenters. The van der Waals surface area contributed by atoms with Gasteiger partial charge in [-0.3, -0.25) is 4.79 Å². The van der Waals surface area contributed by atoms with Gasteiger partial charge in [0.25, 0.3) is 0 Å². The number of aliphatic hydroxyl groups excluding tert-OH is 1. The highest BCUT2D eigenvalue weighted by atomic mass is 79.9. The molecule has 1 rings (SSSR count). The number of ether oxygens (including phenoxy) is 1. The van der Waals surface area contributed by atoms with Crippen LogP contribution in [-0.4, -0.2) is 30.6 Å². The van der Waals surface area contributed by atoms with E-state index in [-0.39, 0.29) is 12.4 Å². The van der Waals surface area contributed by atoms with Crippen molar-refractivity contribution in [3.8, 4) is 5.75 Å². The van der Waals surface area contributed by atoms with Gasteiger partial charge >= 0.3 is 0 Å². The topological polar surface area (TPSA) is 72.5 Å². The lowest BCUT2D eigenvalue weighted by Crippen LogP contribution is -2.33. The van der Waals surface area contributed by atoms with Crippen molar-refractivity contribution in [3.05, 3.63) is 28.2 Å². The zero-order valence-electron chi connectivity index (χ0n) is 8.24. The number of benzene rings is 1. The summed E-state index contributed by atoms with van der Waals surface area (Å²) >= 11 is 3.27. The molecule has 82 valence electrons. The zero-order chi connectivity index (χ0) is 11.4. The minimum atomic E-state index is -0.870. The molecule has 4 nitrogen and oxygen atoms in total. The summed E-state index contributed by atoms with van der Waals surface area (Å²) in [5.74, 6) is 0.352. The molecule has 5 heteroatoms. The van der Waals surface area contributed by atoms with Gasteiger partial charge in [0.1, 0.15) is 5.75 Å². The first kappa shape index (κ1) is 12.2. The van der Waals surface area contributed by atoms with E-state index in [1.165, 1.54) is 0 Å². The summed E-state index contributed by atoms with van der Waals surface area (Å²) in [4.78, 5) is 11.6. The summed E-state index contributed by atoms with van der Waals surface area (Å²) in [6.45, 7) is -0.359. The fourth-order valence-electron chi connectivity index (χ4n) is 1.12. The summed E-state index contributed by atoms with van der Waals surface area (Å²) < 4.78 is 5.71. The first-order chi connectivity index (χ1) is 7.10. The van der Waals surface area contributed by atoms with Crippen molar-refractivity contribution in [1.82, 2.24) is 0 Å². The molecule has 1 atom stereocenters. The Labute approximate surface area is 96.2 Å². The standard InChI is InChI=1S/C10H12BrNO3/c1-15-9-3-2-6(4-7(9)11)10(14)8(12)5-13/h2-4,8,13H,5,12H2,1H3. The Morgan fingerprint density at radius 2 is 2.33 bits per heavy atom. The van der Waals surface area contributed by atoms with Crippen molar-refractivity contribution < 1.29 is 14.6 Å². The van der Waals surface area contributed by atoms with Crippen molar-refractivity contribution in [3.63, 3.8) is 0 Å². The number of aliphatic hydroxyl groups is 1. The summed E-state index contributed by atoms with van der Waals surface area (Å²) in [6, 6.07) is 4.03. The Morgan fingerprint density at radius 3 is 2.80 bits per heavy atom. The van der Waals surface area contributed by atoms with Crippen molar-refractivity contribution in [2.24, 2.45) is 5.73 Å². The van der Waals surface area contributed by atoms with E-state index in [2.05, 4.69) is 15.9 Å². The van der Waals surface area contributed by atoms with E-state index in [1.54, 1.807) is 25.3 Å². The first-order valence-corrected chi connectivity index (χ1v) is 5.13. The SMILES string of the molecule is COc1ccc(C(=O)C(N)CO)cc1Br. The maximum absolute atomic E-state index is 11.6. The van der Waals surface area contributed by atoms with Gasteiger partial charge < -0.3 is 15.6 Å². The normalized spacial score (nSPS) is 12.3. The molecule has 0 spiro atoms. The van der Waals surface area contributed by atoms with Gasteiger partial charge in [0, 0.05) is 5.56 Å². The molecule has 0 bridgehead atoms. The van der Waals surface area contributed by atoms with Gasteiger partial charge in [-0.25, -0.2) is 0 Å². The summed E-state index contributed by atoms with van der Waals surface area (Å²) in [5, 5.41) is 8.75. The number of halogens is 1. The quantitative estimate of drug-likeness (QED) is 0.802. The third-order valence-electron chi connectivity index (χ3n) is 1.97. The average molecular weight is 274 g/mol. The van der Waals surface area contributed by atoms with Crippen LogP contribution in [0.25, 0.3) is 0 Å². The number of carbonyl (C=O) groups is 1. The van der Waals surface area contributed by atoms with Crippen LogP contribution in [0.15, 0.2) is 22.7 Å². The summed E-state index contributed by atoms with van der Waals surface area (Å²) in [6.07, 6.45) is 0. The predicted molar refractivity (Wildman–Crippen MR) is 60.1 cm³/mol. The lowest BCUT2D eigenvalue weighted by molar-refractivity contribution is 0.0925. The minimum Gasteiger partial charge on any atom is -0.496 e. The van der Waals surface area contributed by atoms with Crippen molar-refractivity contribution in [2.75, 3.05) is 13.7 Å². The molecule has 0 heterocycles. The molecule has 0 fully saturated rings. The molecule has 3 N–H and O–H groups in total. The van der Waals surface area contributed by atoms with Crippen LogP contribution in [0.3, 0.4) is 0 Å². The molecule has 0 saturated heterocycles. The number of ketones is 1. The van der Waals surface area contributed by atoms with E-state index in [9.17, 15) is 4.79 Å². The molecule has 0 aliphatic carbocycles. The number of methoxy groups -OCH3 is 1. The van der Waals surface area contributed by atoms with Crippen molar-refractivity contribution in [1.29, 1.82) is 0 Å². The molecular weight excluding hydrogens is 262 g/mol. The van der Waals surface area contributed by atoms with Crippen LogP contribution < -0.4 is 10.5 Å². The average Bonchev–Trinajstić information content (AvgIpc) is 2.26. The molecule has 15 heavy (non-hydrogen) atoms. The molecule has 1 aromatic rings. The third kappa shape index (κ3) is 2.77. The van der Waals surface area contributed by atoms with E-state index in [0.29, 0.717) is 15.8 Å². The maximum atomic E-state index is 11.6. The second-order valence-corrected chi connectivity index (χ2v) is 3.86. The van der Waals surface area contributed by atoms with E-state index in [0.717, 1.165) is 0 Å². The molecule has 0 amide bonds. The van der Waals surface area contributed by atoms with Crippen molar-refractivity contribution >= 4 is 21.7 Å². The predicted octanol–water partition coefficient (Wildman–Crippen LogP) is 0.960. The van der Waals surface area contributed by atoms with Crippen LogP contribution in [0.2, 0.25) is 0 Å². The maximum Gasteiger partial charge on any atom is 0.181 e. The van der Waals surface area contributed by atoms with Gasteiger partial charge in [0.05, 0.1) is 24.2 Å². The van der Waals surface area contributed by atoms with Gasteiger partial charge in [-0.2, -0.15) is 0 Å². The van der Waals surface area contributed by atoms with Crippen LogP contribution >= 0.6 is 15.9 Å². The number of hydrogen-bond acceptors (Lipinski definition) is 4. The highest BCUT2D eigenvalue weighted by Crippen LogP contribution is 2.25. The molecule has 0 aliphatic heterocycles. The number of hydrogen-bond donors (Lipinski definition) is 2. The second-order valence-electron chi connectivity index (χ2n) is 3.00. The molecular formula is C10H12BrNO3. The number of rotatable bonds is 4. The Morgan fingerprint density at radius 1 is 1.67 bits per heavy atom. The van der Waals surface area contributed by atoms with Gasteiger partial charge in [-0.05, 0) is 34.1 Å².